The highest BCUT2D eigenvalue weighted by Crippen LogP contribution is 2.24. The Morgan fingerprint density at radius 3 is 2.61 bits per heavy atom. The van der Waals surface area contributed by atoms with Crippen molar-refractivity contribution in [1.29, 1.82) is 0 Å². The zero-order valence-electron chi connectivity index (χ0n) is 12.1. The fourth-order valence-corrected chi connectivity index (χ4v) is 2.14. The maximum absolute atomic E-state index is 13.2. The lowest BCUT2D eigenvalue weighted by atomic mass is 9.84. The normalized spacial score (nSPS) is 13.4. The molecule has 0 amide bonds. The number of benzene rings is 1. The van der Waals surface area contributed by atoms with E-state index in [4.69, 9.17) is 0 Å². The summed E-state index contributed by atoms with van der Waals surface area (Å²) < 4.78 is 13.2. The number of halogens is 1. The lowest BCUT2D eigenvalue weighted by Gasteiger charge is -2.37. The Kier molecular flexibility index (Phi) is 5.15. The Balaban J connectivity index is 2.71. The minimum atomic E-state index is -0.183. The molecule has 18 heavy (non-hydrogen) atoms. The van der Waals surface area contributed by atoms with Gasteiger partial charge in [-0.3, -0.25) is 0 Å². The second-order valence-corrected chi connectivity index (χ2v) is 5.60. The summed E-state index contributed by atoms with van der Waals surface area (Å²) in [7, 11) is 2.01. The smallest absolute Gasteiger partial charge is 0.125 e. The SMILES string of the molecule is CCNC(C)C(C)(C)CN(C)c1cccc(F)c1. The number of nitrogens with zero attached hydrogens (tertiary/aromatic N) is 1. The predicted octanol–water partition coefficient (Wildman–Crippen LogP) is 3.29. The minimum absolute atomic E-state index is 0.122. The molecule has 1 aromatic rings. The molecule has 1 unspecified atom stereocenters. The summed E-state index contributed by atoms with van der Waals surface area (Å²) in [5.74, 6) is -0.183. The second kappa shape index (κ2) is 6.19. The maximum Gasteiger partial charge on any atom is 0.125 e. The van der Waals surface area contributed by atoms with E-state index in [1.807, 2.05) is 13.1 Å². The van der Waals surface area contributed by atoms with Gasteiger partial charge in [-0.2, -0.15) is 0 Å². The van der Waals surface area contributed by atoms with Crippen molar-refractivity contribution in [3.05, 3.63) is 30.1 Å². The van der Waals surface area contributed by atoms with Gasteiger partial charge in [0.15, 0.2) is 0 Å². The lowest BCUT2D eigenvalue weighted by Crippen LogP contribution is -2.46. The molecule has 1 rings (SSSR count). The first kappa shape index (κ1) is 15.0. The molecule has 0 radical (unpaired) electrons. The molecular formula is C15H25FN2. The molecule has 0 bridgehead atoms. The Bertz CT molecular complexity index is 377. The average molecular weight is 252 g/mol. The van der Waals surface area contributed by atoms with Crippen LogP contribution >= 0.6 is 0 Å². The lowest BCUT2D eigenvalue weighted by molar-refractivity contribution is 0.266. The molecule has 1 aromatic carbocycles. The Morgan fingerprint density at radius 1 is 1.39 bits per heavy atom. The van der Waals surface area contributed by atoms with Gasteiger partial charge in [-0.15, -0.1) is 0 Å². The van der Waals surface area contributed by atoms with Crippen LogP contribution in [0.2, 0.25) is 0 Å². The molecule has 2 nitrogen and oxygen atoms in total. The number of nitrogens with one attached hydrogen (secondary N) is 1. The highest BCUT2D eigenvalue weighted by Gasteiger charge is 2.26. The van der Waals surface area contributed by atoms with Crippen molar-refractivity contribution in [3.8, 4) is 0 Å². The van der Waals surface area contributed by atoms with Crippen LogP contribution in [0.3, 0.4) is 0 Å². The van der Waals surface area contributed by atoms with Crippen LogP contribution in [0.25, 0.3) is 0 Å². The van der Waals surface area contributed by atoms with E-state index in [-0.39, 0.29) is 11.2 Å². The van der Waals surface area contributed by atoms with E-state index < -0.39 is 0 Å². The molecule has 0 spiro atoms. The summed E-state index contributed by atoms with van der Waals surface area (Å²) in [5.41, 5.74) is 1.05. The first-order chi connectivity index (χ1) is 8.36. The Hall–Kier alpha value is -1.09. The average Bonchev–Trinajstić information content (AvgIpc) is 2.28. The molecule has 0 aliphatic carbocycles. The van der Waals surface area contributed by atoms with Crippen molar-refractivity contribution in [2.75, 3.05) is 25.0 Å². The van der Waals surface area contributed by atoms with Crippen LogP contribution in [0.5, 0.6) is 0 Å². The second-order valence-electron chi connectivity index (χ2n) is 5.60. The number of hydrogen-bond acceptors (Lipinski definition) is 2. The van der Waals surface area contributed by atoms with Gasteiger partial charge in [0.05, 0.1) is 0 Å². The standard InChI is InChI=1S/C15H25FN2/c1-6-17-12(2)15(3,4)11-18(5)14-9-7-8-13(16)10-14/h7-10,12,17H,6,11H2,1-5H3. The van der Waals surface area contributed by atoms with Crippen molar-refractivity contribution in [2.24, 2.45) is 5.41 Å². The molecule has 3 heteroatoms. The van der Waals surface area contributed by atoms with Crippen molar-refractivity contribution in [3.63, 3.8) is 0 Å². The molecule has 0 aliphatic rings. The first-order valence-electron chi connectivity index (χ1n) is 6.57. The zero-order chi connectivity index (χ0) is 13.8. The van der Waals surface area contributed by atoms with Gasteiger partial charge < -0.3 is 10.2 Å². The molecule has 0 aliphatic heterocycles. The highest BCUT2D eigenvalue weighted by molar-refractivity contribution is 5.45. The van der Waals surface area contributed by atoms with Crippen LogP contribution in [0.15, 0.2) is 24.3 Å². The van der Waals surface area contributed by atoms with Crippen molar-refractivity contribution < 1.29 is 4.39 Å². The van der Waals surface area contributed by atoms with Crippen LogP contribution in [0.4, 0.5) is 10.1 Å². The van der Waals surface area contributed by atoms with E-state index in [1.165, 1.54) is 6.07 Å². The summed E-state index contributed by atoms with van der Waals surface area (Å²) >= 11 is 0. The summed E-state index contributed by atoms with van der Waals surface area (Å²) in [6.45, 7) is 10.6. The third kappa shape index (κ3) is 3.98. The van der Waals surface area contributed by atoms with E-state index in [1.54, 1.807) is 12.1 Å². The molecule has 0 heterocycles. The third-order valence-electron chi connectivity index (χ3n) is 3.58. The van der Waals surface area contributed by atoms with E-state index >= 15 is 0 Å². The quantitative estimate of drug-likeness (QED) is 0.836. The number of rotatable bonds is 6. The van der Waals surface area contributed by atoms with Crippen molar-refractivity contribution in [2.45, 2.75) is 33.7 Å². The third-order valence-corrected chi connectivity index (χ3v) is 3.58. The Morgan fingerprint density at radius 2 is 2.06 bits per heavy atom. The van der Waals surface area contributed by atoms with E-state index in [0.29, 0.717) is 6.04 Å². The van der Waals surface area contributed by atoms with Gasteiger partial charge in [0.1, 0.15) is 5.82 Å². The Labute approximate surface area is 110 Å². The van der Waals surface area contributed by atoms with Gasteiger partial charge in [0.2, 0.25) is 0 Å². The summed E-state index contributed by atoms with van der Waals surface area (Å²) in [6, 6.07) is 7.16. The molecule has 0 fully saturated rings. The van der Waals surface area contributed by atoms with Crippen LogP contribution in [0, 0.1) is 11.2 Å². The van der Waals surface area contributed by atoms with Gasteiger partial charge in [-0.1, -0.05) is 26.8 Å². The monoisotopic (exact) mass is 252 g/mol. The van der Waals surface area contributed by atoms with Crippen molar-refractivity contribution >= 4 is 5.69 Å². The molecule has 0 aromatic heterocycles. The molecule has 102 valence electrons. The number of hydrogen-bond donors (Lipinski definition) is 1. The first-order valence-corrected chi connectivity index (χ1v) is 6.57. The topological polar surface area (TPSA) is 15.3 Å². The molecular weight excluding hydrogens is 227 g/mol. The predicted molar refractivity (Wildman–Crippen MR) is 76.6 cm³/mol. The van der Waals surface area contributed by atoms with Crippen LogP contribution < -0.4 is 10.2 Å². The van der Waals surface area contributed by atoms with Gasteiger partial charge in [0, 0.05) is 25.3 Å². The maximum atomic E-state index is 13.2. The highest BCUT2D eigenvalue weighted by atomic mass is 19.1. The van der Waals surface area contributed by atoms with Gasteiger partial charge in [-0.25, -0.2) is 4.39 Å². The fraction of sp³-hybridized carbons (Fsp3) is 0.600. The summed E-state index contributed by atoms with van der Waals surface area (Å²) in [5, 5.41) is 3.45. The van der Waals surface area contributed by atoms with Gasteiger partial charge in [0.25, 0.3) is 0 Å². The van der Waals surface area contributed by atoms with Crippen LogP contribution in [-0.2, 0) is 0 Å². The minimum Gasteiger partial charge on any atom is -0.374 e. The van der Waals surface area contributed by atoms with E-state index in [2.05, 4.69) is 37.9 Å². The van der Waals surface area contributed by atoms with Crippen molar-refractivity contribution in [1.82, 2.24) is 5.32 Å². The number of anilines is 1. The largest absolute Gasteiger partial charge is 0.374 e. The summed E-state index contributed by atoms with van der Waals surface area (Å²) in [6.07, 6.45) is 0. The molecule has 0 saturated carbocycles. The van der Waals surface area contributed by atoms with Crippen LogP contribution in [-0.4, -0.2) is 26.2 Å². The van der Waals surface area contributed by atoms with Crippen LogP contribution in [0.1, 0.15) is 27.7 Å². The zero-order valence-corrected chi connectivity index (χ0v) is 12.1. The summed E-state index contributed by atoms with van der Waals surface area (Å²) in [4.78, 5) is 2.11. The van der Waals surface area contributed by atoms with Gasteiger partial charge in [-0.05, 0) is 37.1 Å². The van der Waals surface area contributed by atoms with Gasteiger partial charge >= 0.3 is 0 Å². The fourth-order valence-electron chi connectivity index (χ4n) is 2.14. The van der Waals surface area contributed by atoms with E-state index in [9.17, 15) is 4.39 Å². The molecule has 1 N–H and O–H groups in total. The molecule has 1 atom stereocenters. The molecule has 0 saturated heterocycles. The van der Waals surface area contributed by atoms with E-state index in [0.717, 1.165) is 18.8 Å².